The first kappa shape index (κ1) is 11.4. The van der Waals surface area contributed by atoms with Crippen LogP contribution in [-0.4, -0.2) is 38.5 Å². The van der Waals surface area contributed by atoms with Gasteiger partial charge >= 0.3 is 0 Å². The molecule has 0 saturated carbocycles. The van der Waals surface area contributed by atoms with Crippen LogP contribution in [0.25, 0.3) is 0 Å². The van der Waals surface area contributed by atoms with E-state index in [0.717, 1.165) is 32.6 Å². The molecule has 1 heterocycles. The third kappa shape index (κ3) is 4.05. The van der Waals surface area contributed by atoms with Gasteiger partial charge in [-0.15, -0.1) is 0 Å². The summed E-state index contributed by atoms with van der Waals surface area (Å²) in [5.74, 6) is 0. The van der Waals surface area contributed by atoms with Crippen molar-refractivity contribution in [1.29, 1.82) is 5.26 Å². The van der Waals surface area contributed by atoms with Crippen LogP contribution in [0, 0.1) is 11.3 Å². The van der Waals surface area contributed by atoms with Gasteiger partial charge < -0.3 is 14.8 Å². The maximum atomic E-state index is 8.77. The minimum absolute atomic E-state index is 0.178. The standard InChI is InChI=1S/C10H18N2O2/c1-2-12-9(7-11)8-14-10-3-5-13-6-4-10/h9-10,12H,2-6,8H2,1H3. The summed E-state index contributed by atoms with van der Waals surface area (Å²) in [6.45, 7) is 4.83. The first-order chi connectivity index (χ1) is 6.86. The maximum absolute atomic E-state index is 8.77. The van der Waals surface area contributed by atoms with E-state index >= 15 is 0 Å². The monoisotopic (exact) mass is 198 g/mol. The van der Waals surface area contributed by atoms with Crippen LogP contribution >= 0.6 is 0 Å². The zero-order valence-corrected chi connectivity index (χ0v) is 8.66. The Kier molecular flexibility index (Phi) is 5.53. The van der Waals surface area contributed by atoms with Gasteiger partial charge in [-0.1, -0.05) is 6.92 Å². The third-order valence-corrected chi connectivity index (χ3v) is 2.27. The Bertz CT molecular complexity index is 185. The molecule has 1 atom stereocenters. The molecule has 0 radical (unpaired) electrons. The van der Waals surface area contributed by atoms with E-state index in [9.17, 15) is 0 Å². The summed E-state index contributed by atoms with van der Waals surface area (Å²) in [5.41, 5.74) is 0. The van der Waals surface area contributed by atoms with Crippen molar-refractivity contribution < 1.29 is 9.47 Å². The number of nitriles is 1. The summed E-state index contributed by atoms with van der Waals surface area (Å²) in [6.07, 6.45) is 2.17. The molecule has 1 rings (SSSR count). The molecular weight excluding hydrogens is 180 g/mol. The smallest absolute Gasteiger partial charge is 0.119 e. The van der Waals surface area contributed by atoms with E-state index in [1.807, 2.05) is 6.92 Å². The number of nitrogens with zero attached hydrogens (tertiary/aromatic N) is 1. The fourth-order valence-electron chi connectivity index (χ4n) is 1.46. The van der Waals surface area contributed by atoms with Crippen LogP contribution in [0.2, 0.25) is 0 Å². The summed E-state index contributed by atoms with van der Waals surface area (Å²) in [4.78, 5) is 0. The Balaban J connectivity index is 2.14. The Morgan fingerprint density at radius 2 is 2.29 bits per heavy atom. The van der Waals surface area contributed by atoms with Gasteiger partial charge in [-0.3, -0.25) is 0 Å². The molecule has 1 aliphatic heterocycles. The van der Waals surface area contributed by atoms with E-state index in [-0.39, 0.29) is 12.1 Å². The second kappa shape index (κ2) is 6.77. The Morgan fingerprint density at radius 1 is 1.57 bits per heavy atom. The van der Waals surface area contributed by atoms with E-state index in [1.165, 1.54) is 0 Å². The van der Waals surface area contributed by atoms with Crippen LogP contribution in [0.3, 0.4) is 0 Å². The molecule has 0 bridgehead atoms. The topological polar surface area (TPSA) is 54.3 Å². The molecule has 4 heteroatoms. The van der Waals surface area contributed by atoms with Gasteiger partial charge in [0.2, 0.25) is 0 Å². The van der Waals surface area contributed by atoms with Crippen molar-refractivity contribution in [3.63, 3.8) is 0 Å². The van der Waals surface area contributed by atoms with Crippen molar-refractivity contribution >= 4 is 0 Å². The minimum Gasteiger partial charge on any atom is -0.381 e. The fourth-order valence-corrected chi connectivity index (χ4v) is 1.46. The van der Waals surface area contributed by atoms with E-state index in [4.69, 9.17) is 14.7 Å². The van der Waals surface area contributed by atoms with E-state index in [1.54, 1.807) is 0 Å². The van der Waals surface area contributed by atoms with Crippen LogP contribution in [0.4, 0.5) is 0 Å². The second-order valence-corrected chi connectivity index (χ2v) is 3.38. The van der Waals surface area contributed by atoms with Crippen molar-refractivity contribution in [1.82, 2.24) is 5.32 Å². The Morgan fingerprint density at radius 3 is 2.86 bits per heavy atom. The van der Waals surface area contributed by atoms with Gasteiger partial charge in [-0.25, -0.2) is 0 Å². The highest BCUT2D eigenvalue weighted by Crippen LogP contribution is 2.10. The third-order valence-electron chi connectivity index (χ3n) is 2.27. The van der Waals surface area contributed by atoms with Crippen LogP contribution in [0.1, 0.15) is 19.8 Å². The molecular formula is C10H18N2O2. The number of nitrogens with one attached hydrogen (secondary N) is 1. The Labute approximate surface area is 85.2 Å². The number of hydrogen-bond acceptors (Lipinski definition) is 4. The average molecular weight is 198 g/mol. The average Bonchev–Trinajstić information content (AvgIpc) is 2.25. The SMILES string of the molecule is CCNC(C#N)COC1CCOCC1. The molecule has 1 fully saturated rings. The molecule has 0 aromatic carbocycles. The van der Waals surface area contributed by atoms with Gasteiger partial charge in [0.25, 0.3) is 0 Å². The van der Waals surface area contributed by atoms with Crippen LogP contribution in [-0.2, 0) is 9.47 Å². The van der Waals surface area contributed by atoms with Crippen molar-refractivity contribution in [2.45, 2.75) is 31.9 Å². The molecule has 0 aliphatic carbocycles. The van der Waals surface area contributed by atoms with Crippen molar-refractivity contribution in [3.8, 4) is 6.07 Å². The van der Waals surface area contributed by atoms with Gasteiger partial charge in [-0.2, -0.15) is 5.26 Å². The molecule has 0 aromatic heterocycles. The normalized spacial score (nSPS) is 20.3. The first-order valence-corrected chi connectivity index (χ1v) is 5.19. The lowest BCUT2D eigenvalue weighted by atomic mass is 10.1. The van der Waals surface area contributed by atoms with Crippen LogP contribution in [0.15, 0.2) is 0 Å². The maximum Gasteiger partial charge on any atom is 0.119 e. The largest absolute Gasteiger partial charge is 0.381 e. The van der Waals surface area contributed by atoms with E-state index in [2.05, 4.69) is 11.4 Å². The molecule has 80 valence electrons. The molecule has 0 spiro atoms. The molecule has 1 N–H and O–H groups in total. The lowest BCUT2D eigenvalue weighted by molar-refractivity contribution is -0.0344. The molecule has 1 unspecified atom stereocenters. The Hall–Kier alpha value is -0.630. The highest BCUT2D eigenvalue weighted by Gasteiger charge is 2.15. The molecule has 0 aromatic rings. The van der Waals surface area contributed by atoms with Gasteiger partial charge in [0.1, 0.15) is 6.04 Å². The van der Waals surface area contributed by atoms with Gasteiger partial charge in [0.05, 0.1) is 18.8 Å². The predicted molar refractivity (Wildman–Crippen MR) is 52.9 cm³/mol. The number of hydrogen-bond donors (Lipinski definition) is 1. The number of ether oxygens (including phenoxy) is 2. The van der Waals surface area contributed by atoms with Crippen LogP contribution < -0.4 is 5.32 Å². The second-order valence-electron chi connectivity index (χ2n) is 3.38. The summed E-state index contributed by atoms with van der Waals surface area (Å²) in [6, 6.07) is 2.00. The van der Waals surface area contributed by atoms with Gasteiger partial charge in [0.15, 0.2) is 0 Å². The fraction of sp³-hybridized carbons (Fsp3) is 0.900. The van der Waals surface area contributed by atoms with Crippen molar-refractivity contribution in [2.75, 3.05) is 26.4 Å². The highest BCUT2D eigenvalue weighted by molar-refractivity contribution is 4.89. The minimum atomic E-state index is -0.178. The van der Waals surface area contributed by atoms with Crippen molar-refractivity contribution in [2.24, 2.45) is 0 Å². The van der Waals surface area contributed by atoms with E-state index < -0.39 is 0 Å². The van der Waals surface area contributed by atoms with Crippen LogP contribution in [0.5, 0.6) is 0 Å². The number of rotatable bonds is 5. The number of likely N-dealkylation sites (N-methyl/N-ethyl adjacent to an activating group) is 1. The summed E-state index contributed by atoms with van der Waals surface area (Å²) >= 11 is 0. The highest BCUT2D eigenvalue weighted by atomic mass is 16.5. The molecule has 14 heavy (non-hydrogen) atoms. The quantitative estimate of drug-likeness (QED) is 0.706. The first-order valence-electron chi connectivity index (χ1n) is 5.19. The zero-order chi connectivity index (χ0) is 10.2. The van der Waals surface area contributed by atoms with E-state index in [0.29, 0.717) is 6.61 Å². The predicted octanol–water partition coefficient (Wildman–Crippen LogP) is 0.684. The lowest BCUT2D eigenvalue weighted by Crippen LogP contribution is -2.35. The lowest BCUT2D eigenvalue weighted by Gasteiger charge is -2.23. The molecule has 1 aliphatic rings. The summed E-state index contributed by atoms with van der Waals surface area (Å²) in [5, 5.41) is 11.8. The van der Waals surface area contributed by atoms with Gasteiger partial charge in [-0.05, 0) is 19.4 Å². The summed E-state index contributed by atoms with van der Waals surface area (Å²) in [7, 11) is 0. The van der Waals surface area contributed by atoms with Gasteiger partial charge in [0, 0.05) is 13.2 Å². The molecule has 1 saturated heterocycles. The zero-order valence-electron chi connectivity index (χ0n) is 8.66. The van der Waals surface area contributed by atoms with Crippen molar-refractivity contribution in [3.05, 3.63) is 0 Å². The summed E-state index contributed by atoms with van der Waals surface area (Å²) < 4.78 is 10.8. The molecule has 0 amide bonds. The molecule has 4 nitrogen and oxygen atoms in total.